The second kappa shape index (κ2) is 3.49. The van der Waals surface area contributed by atoms with Gasteiger partial charge in [-0.3, -0.25) is 9.78 Å². The Balaban J connectivity index is 0.00000121. The number of nitrogens with one attached hydrogen (secondary N) is 2. The van der Waals surface area contributed by atoms with Crippen molar-refractivity contribution in [1.82, 2.24) is 9.97 Å². The molecule has 0 unspecified atom stereocenters. The first kappa shape index (κ1) is 10.1. The average Bonchev–Trinajstić information content (AvgIpc) is 1.85. The van der Waals surface area contributed by atoms with Gasteiger partial charge in [0.05, 0.1) is 0 Å². The van der Waals surface area contributed by atoms with Gasteiger partial charge in [0, 0.05) is 6.07 Å². The van der Waals surface area contributed by atoms with E-state index in [-0.39, 0.29) is 5.48 Å². The maximum Gasteiger partial charge on any atom is 0.352 e. The fourth-order valence-electron chi connectivity index (χ4n) is 0.584. The lowest BCUT2D eigenvalue weighted by Gasteiger charge is -1.89. The van der Waals surface area contributed by atoms with Gasteiger partial charge in [-0.2, -0.15) is 0 Å². The Bertz CT molecular complexity index is 361. The number of aromatic nitrogens is 2. The summed E-state index contributed by atoms with van der Waals surface area (Å²) in [6.45, 7) is 0. The summed E-state index contributed by atoms with van der Waals surface area (Å²) in [4.78, 5) is 34.9. The first-order valence-electron chi connectivity index (χ1n) is 2.66. The van der Waals surface area contributed by atoms with E-state index in [1.54, 1.807) is 0 Å². The van der Waals surface area contributed by atoms with Crippen LogP contribution in [-0.2, 0) is 0 Å². The fourth-order valence-corrected chi connectivity index (χ4v) is 0.584. The van der Waals surface area contributed by atoms with Gasteiger partial charge in [-0.05, 0) is 0 Å². The zero-order valence-electron chi connectivity index (χ0n) is 5.75. The SMILES string of the molecule is O.O=C(O)c1cc(=O)[15nH][13c](=O)[15nH]1. The van der Waals surface area contributed by atoms with Crippen LogP contribution in [0.15, 0.2) is 15.7 Å². The number of hydrogen-bond donors (Lipinski definition) is 3. The van der Waals surface area contributed by atoms with Gasteiger partial charge in [0.25, 0.3) is 5.56 Å². The van der Waals surface area contributed by atoms with E-state index in [1.165, 1.54) is 0 Å². The molecule has 1 aromatic rings. The number of rotatable bonds is 1. The molecule has 66 valence electrons. The number of carboxylic acid groups (broad SMARTS) is 1. The summed E-state index contributed by atoms with van der Waals surface area (Å²) < 4.78 is 0. The van der Waals surface area contributed by atoms with Gasteiger partial charge in [-0.25, -0.2) is 9.59 Å². The van der Waals surface area contributed by atoms with Crippen LogP contribution >= 0.6 is 0 Å². The Labute approximate surface area is 65.0 Å². The van der Waals surface area contributed by atoms with E-state index in [0.29, 0.717) is 0 Å². The normalized spacial score (nSPS) is 8.67. The largest absolute Gasteiger partial charge is 0.477 e. The van der Waals surface area contributed by atoms with Crippen LogP contribution < -0.4 is 11.2 Å². The Morgan fingerprint density at radius 3 is 2.33 bits per heavy atom. The number of aromatic amines is 2. The first-order valence-corrected chi connectivity index (χ1v) is 2.66. The van der Waals surface area contributed by atoms with Crippen LogP contribution in [0, 0.1) is 0 Å². The standard InChI is InChI=1S/C5H4N2O4.H2O/c8-3-1-2(4(9)10)6-5(11)7-3;/h1H,(H,9,10)(H2,6,7,8,11);1H2/i5+1,6+1,7+1;. The van der Waals surface area contributed by atoms with E-state index in [1.807, 2.05) is 9.97 Å². The molecular formula is C5H6N2O5. The van der Waals surface area contributed by atoms with E-state index in [2.05, 4.69) is 0 Å². The lowest BCUT2D eigenvalue weighted by atomic mass is 10.4. The molecule has 0 aliphatic carbocycles. The second-order valence-corrected chi connectivity index (χ2v) is 1.81. The molecule has 0 atom stereocenters. The average molecular weight is 177 g/mol. The van der Waals surface area contributed by atoms with Crippen molar-refractivity contribution in [3.05, 3.63) is 32.6 Å². The molecular weight excluding hydrogens is 171 g/mol. The smallest absolute Gasteiger partial charge is 0.352 e. The molecule has 5 N–H and O–H groups in total. The van der Waals surface area contributed by atoms with Gasteiger partial charge in [0.1, 0.15) is 5.69 Å². The van der Waals surface area contributed by atoms with Gasteiger partial charge in [0.15, 0.2) is 0 Å². The first-order chi connectivity index (χ1) is 5.09. The molecule has 0 spiro atoms. The van der Waals surface area contributed by atoms with Crippen LogP contribution in [0.25, 0.3) is 0 Å². The molecule has 0 aliphatic rings. The molecule has 7 nitrogen and oxygen atoms in total. The van der Waals surface area contributed by atoms with Crippen LogP contribution in [0.1, 0.15) is 10.5 Å². The minimum absolute atomic E-state index is 0. The summed E-state index contributed by atoms with van der Waals surface area (Å²) in [5.41, 5.74) is -1.97. The van der Waals surface area contributed by atoms with Crippen LogP contribution in [-0.4, -0.2) is 26.5 Å². The molecule has 12 heavy (non-hydrogen) atoms. The third kappa shape index (κ3) is 2.06. The van der Waals surface area contributed by atoms with Crippen molar-refractivity contribution in [2.24, 2.45) is 0 Å². The fraction of sp³-hybridized carbons (Fsp3) is 0. The molecule has 0 aliphatic heterocycles. The summed E-state index contributed by atoms with van der Waals surface area (Å²) in [6.07, 6.45) is 0. The molecule has 0 bridgehead atoms. The maximum absolute atomic E-state index is 10.5. The van der Waals surface area contributed by atoms with E-state index in [0.717, 1.165) is 6.07 Å². The van der Waals surface area contributed by atoms with E-state index >= 15 is 0 Å². The molecule has 7 heteroatoms. The van der Waals surface area contributed by atoms with Crippen LogP contribution in [0.3, 0.4) is 0 Å². The Hall–Kier alpha value is -1.89. The molecule has 1 rings (SSSR count). The third-order valence-electron chi connectivity index (χ3n) is 0.991. The predicted octanol–water partition coefficient (Wildman–Crippen LogP) is -2.06. The molecule has 1 heterocycles. The molecule has 1 aromatic heterocycles. The van der Waals surface area contributed by atoms with E-state index in [4.69, 9.17) is 5.11 Å². The highest BCUT2D eigenvalue weighted by atomic mass is 16.4. The number of H-pyrrole nitrogens is 2. The van der Waals surface area contributed by atoms with E-state index < -0.39 is 22.9 Å². The molecule has 0 radical (unpaired) electrons. The summed E-state index contributed by atoms with van der Waals surface area (Å²) >= 11 is 0. The second-order valence-electron chi connectivity index (χ2n) is 1.81. The molecule has 0 saturated carbocycles. The van der Waals surface area contributed by atoms with Crippen molar-refractivity contribution >= 4 is 5.97 Å². The molecule has 0 saturated heterocycles. The zero-order chi connectivity index (χ0) is 8.43. The molecule has 0 fully saturated rings. The van der Waals surface area contributed by atoms with Crippen molar-refractivity contribution in [2.45, 2.75) is 0 Å². The number of hydrogen-bond acceptors (Lipinski definition) is 3. The van der Waals surface area contributed by atoms with Gasteiger partial charge in [-0.1, -0.05) is 0 Å². The lowest BCUT2D eigenvalue weighted by molar-refractivity contribution is 0.0689. The quantitative estimate of drug-likeness (QED) is 0.454. The Morgan fingerprint density at radius 2 is 1.92 bits per heavy atom. The number of carboxylic acids is 1. The minimum atomic E-state index is -1.34. The van der Waals surface area contributed by atoms with Gasteiger partial charge < -0.3 is 15.6 Å². The highest BCUT2D eigenvalue weighted by Crippen LogP contribution is 1.81. The van der Waals surface area contributed by atoms with Crippen LogP contribution in [0.4, 0.5) is 0 Å². The lowest BCUT2D eigenvalue weighted by Crippen LogP contribution is -2.24. The van der Waals surface area contributed by atoms with Gasteiger partial charge in [-0.15, -0.1) is 0 Å². The Kier molecular flexibility index (Phi) is 2.94. The van der Waals surface area contributed by atoms with Crippen molar-refractivity contribution in [2.75, 3.05) is 0 Å². The van der Waals surface area contributed by atoms with Crippen LogP contribution in [0.5, 0.6) is 0 Å². The van der Waals surface area contributed by atoms with Crippen molar-refractivity contribution in [1.29, 1.82) is 0 Å². The molecule has 0 aromatic carbocycles. The topological polar surface area (TPSA) is 135 Å². The summed E-state index contributed by atoms with van der Waals surface area (Å²) in [6, 6.07) is 0.795. The monoisotopic (exact) mass is 177 g/mol. The van der Waals surface area contributed by atoms with Crippen LogP contribution in [0.2, 0.25) is 0 Å². The third-order valence-corrected chi connectivity index (χ3v) is 0.991. The van der Waals surface area contributed by atoms with Gasteiger partial charge >= 0.3 is 11.7 Å². The van der Waals surface area contributed by atoms with Crippen molar-refractivity contribution < 1.29 is 15.4 Å². The highest BCUT2D eigenvalue weighted by molar-refractivity contribution is 5.84. The zero-order valence-corrected chi connectivity index (χ0v) is 5.75. The van der Waals surface area contributed by atoms with Gasteiger partial charge in [0.2, 0.25) is 0 Å². The predicted molar refractivity (Wildman–Crippen MR) is 38.3 cm³/mol. The van der Waals surface area contributed by atoms with Crippen molar-refractivity contribution in [3.8, 4) is 0 Å². The highest BCUT2D eigenvalue weighted by Gasteiger charge is 2.03. The summed E-state index contributed by atoms with van der Waals surface area (Å²) in [5.74, 6) is -1.34. The minimum Gasteiger partial charge on any atom is -0.477 e. The number of carbonyl (C=O) groups is 1. The number of aromatic carboxylic acids is 1. The maximum atomic E-state index is 10.5. The van der Waals surface area contributed by atoms with E-state index in [9.17, 15) is 14.4 Å². The Morgan fingerprint density at radius 1 is 1.33 bits per heavy atom. The molecule has 0 amide bonds. The van der Waals surface area contributed by atoms with Crippen molar-refractivity contribution in [3.63, 3.8) is 0 Å². The summed E-state index contributed by atoms with van der Waals surface area (Å²) in [7, 11) is 0. The summed E-state index contributed by atoms with van der Waals surface area (Å²) in [5, 5.41) is 8.31.